The molecule has 2 rings (SSSR count). The number of benzene rings is 1. The Morgan fingerprint density at radius 3 is 2.29 bits per heavy atom. The van der Waals surface area contributed by atoms with E-state index in [1.165, 1.54) is 16.8 Å². The van der Waals surface area contributed by atoms with Crippen LogP contribution in [0.15, 0.2) is 34.9 Å². The summed E-state index contributed by atoms with van der Waals surface area (Å²) >= 11 is 3.62. The van der Waals surface area contributed by atoms with E-state index in [2.05, 4.69) is 71.4 Å². The van der Waals surface area contributed by atoms with E-state index in [1.54, 1.807) is 0 Å². The molecule has 1 atom stereocenters. The molecule has 0 radical (unpaired) electrons. The van der Waals surface area contributed by atoms with Gasteiger partial charge in [0.1, 0.15) is 0 Å². The van der Waals surface area contributed by atoms with Crippen LogP contribution in [0, 0.1) is 0 Å². The topological polar surface area (TPSA) is 29.9 Å². The van der Waals surface area contributed by atoms with Crippen molar-refractivity contribution in [1.29, 1.82) is 0 Å². The molecule has 1 unspecified atom stereocenters. The standard InChI is InChI=1S/C17H24BrN3/c1-5-10-19-16(17-15(18)11-20-21(17)4)14-8-6-13(7-9-14)12(2)3/h6-9,11-12,16,19H,5,10H2,1-4H3. The highest BCUT2D eigenvalue weighted by Crippen LogP contribution is 2.29. The van der Waals surface area contributed by atoms with Crippen molar-refractivity contribution in [2.24, 2.45) is 7.05 Å². The number of nitrogens with zero attached hydrogens (tertiary/aromatic N) is 2. The Hall–Kier alpha value is -1.13. The molecule has 0 bridgehead atoms. The van der Waals surface area contributed by atoms with Crippen molar-refractivity contribution in [1.82, 2.24) is 15.1 Å². The largest absolute Gasteiger partial charge is 0.305 e. The maximum atomic E-state index is 4.35. The lowest BCUT2D eigenvalue weighted by atomic mass is 9.97. The molecule has 0 fully saturated rings. The van der Waals surface area contributed by atoms with Gasteiger partial charge in [-0.15, -0.1) is 0 Å². The highest BCUT2D eigenvalue weighted by molar-refractivity contribution is 9.10. The molecule has 3 nitrogen and oxygen atoms in total. The fourth-order valence-corrected chi connectivity index (χ4v) is 3.06. The van der Waals surface area contributed by atoms with Crippen molar-refractivity contribution in [3.8, 4) is 0 Å². The van der Waals surface area contributed by atoms with Gasteiger partial charge in [0.2, 0.25) is 0 Å². The molecule has 0 saturated carbocycles. The van der Waals surface area contributed by atoms with Crippen LogP contribution < -0.4 is 5.32 Å². The zero-order valence-corrected chi connectivity index (χ0v) is 14.8. The Bertz CT molecular complexity index is 553. The molecule has 21 heavy (non-hydrogen) atoms. The summed E-state index contributed by atoms with van der Waals surface area (Å²) in [6, 6.07) is 9.06. The highest BCUT2D eigenvalue weighted by Gasteiger charge is 2.20. The van der Waals surface area contributed by atoms with E-state index < -0.39 is 0 Å². The van der Waals surface area contributed by atoms with E-state index in [4.69, 9.17) is 0 Å². The predicted octanol–water partition coefficient (Wildman–Crippen LogP) is 4.40. The number of nitrogens with one attached hydrogen (secondary N) is 1. The summed E-state index contributed by atoms with van der Waals surface area (Å²) in [6.45, 7) is 7.61. The number of aryl methyl sites for hydroxylation is 1. The van der Waals surface area contributed by atoms with Crippen LogP contribution in [0.5, 0.6) is 0 Å². The molecule has 1 aromatic carbocycles. The maximum Gasteiger partial charge on any atom is 0.0759 e. The molecular weight excluding hydrogens is 326 g/mol. The monoisotopic (exact) mass is 349 g/mol. The van der Waals surface area contributed by atoms with E-state index in [-0.39, 0.29) is 6.04 Å². The predicted molar refractivity (Wildman–Crippen MR) is 91.6 cm³/mol. The Morgan fingerprint density at radius 2 is 1.81 bits per heavy atom. The lowest BCUT2D eigenvalue weighted by molar-refractivity contribution is 0.552. The molecule has 0 amide bonds. The minimum atomic E-state index is 0.160. The first-order chi connectivity index (χ1) is 10.0. The van der Waals surface area contributed by atoms with Crippen LogP contribution in [0.3, 0.4) is 0 Å². The number of aromatic nitrogens is 2. The lowest BCUT2D eigenvalue weighted by Gasteiger charge is -2.21. The molecule has 1 aromatic heterocycles. The van der Waals surface area contributed by atoms with Gasteiger partial charge in [-0.2, -0.15) is 5.10 Å². The highest BCUT2D eigenvalue weighted by atomic mass is 79.9. The Kier molecular flexibility index (Phi) is 5.59. The smallest absolute Gasteiger partial charge is 0.0759 e. The summed E-state index contributed by atoms with van der Waals surface area (Å²) in [6.07, 6.45) is 2.97. The van der Waals surface area contributed by atoms with Gasteiger partial charge >= 0.3 is 0 Å². The van der Waals surface area contributed by atoms with Gasteiger partial charge in [0, 0.05) is 7.05 Å². The molecule has 0 aliphatic heterocycles. The third kappa shape index (κ3) is 3.74. The molecular formula is C17H24BrN3. The number of hydrogen-bond donors (Lipinski definition) is 1. The Labute approximate surface area is 135 Å². The number of rotatable bonds is 6. The second-order valence-corrected chi connectivity index (χ2v) is 6.56. The van der Waals surface area contributed by atoms with Gasteiger partial charge in [-0.3, -0.25) is 4.68 Å². The molecule has 4 heteroatoms. The summed E-state index contributed by atoms with van der Waals surface area (Å²) in [5.41, 5.74) is 3.81. The minimum Gasteiger partial charge on any atom is -0.305 e. The first-order valence-electron chi connectivity index (χ1n) is 7.55. The summed E-state index contributed by atoms with van der Waals surface area (Å²) in [5, 5.41) is 7.97. The fourth-order valence-electron chi connectivity index (χ4n) is 2.48. The molecule has 0 aliphatic rings. The van der Waals surface area contributed by atoms with E-state index in [9.17, 15) is 0 Å². The van der Waals surface area contributed by atoms with Crippen molar-refractivity contribution in [2.45, 2.75) is 39.2 Å². The van der Waals surface area contributed by atoms with Crippen molar-refractivity contribution < 1.29 is 0 Å². The molecule has 0 aliphatic carbocycles. The van der Waals surface area contributed by atoms with Gasteiger partial charge < -0.3 is 5.32 Å². The van der Waals surface area contributed by atoms with Gasteiger partial charge in [-0.05, 0) is 45.9 Å². The zero-order valence-electron chi connectivity index (χ0n) is 13.2. The fraction of sp³-hybridized carbons (Fsp3) is 0.471. The molecule has 1 heterocycles. The van der Waals surface area contributed by atoms with Gasteiger partial charge in [0.05, 0.1) is 22.4 Å². The van der Waals surface area contributed by atoms with Crippen molar-refractivity contribution in [3.05, 3.63) is 51.8 Å². The van der Waals surface area contributed by atoms with Crippen LogP contribution in [0.2, 0.25) is 0 Å². The second-order valence-electron chi connectivity index (χ2n) is 5.71. The van der Waals surface area contributed by atoms with Crippen LogP contribution in [0.1, 0.15) is 56.0 Å². The third-order valence-electron chi connectivity index (χ3n) is 3.75. The van der Waals surface area contributed by atoms with Crippen LogP contribution in [0.25, 0.3) is 0 Å². The van der Waals surface area contributed by atoms with E-state index in [1.807, 2.05) is 17.9 Å². The average Bonchev–Trinajstić information content (AvgIpc) is 2.80. The Balaban J connectivity index is 2.36. The van der Waals surface area contributed by atoms with Crippen LogP contribution in [-0.2, 0) is 7.05 Å². The van der Waals surface area contributed by atoms with Gasteiger partial charge in [-0.25, -0.2) is 0 Å². The van der Waals surface area contributed by atoms with E-state index in [0.29, 0.717) is 5.92 Å². The third-order valence-corrected chi connectivity index (χ3v) is 4.36. The van der Waals surface area contributed by atoms with Gasteiger partial charge in [-0.1, -0.05) is 45.0 Å². The molecule has 0 spiro atoms. The maximum absolute atomic E-state index is 4.35. The van der Waals surface area contributed by atoms with E-state index in [0.717, 1.165) is 17.4 Å². The van der Waals surface area contributed by atoms with Crippen molar-refractivity contribution >= 4 is 15.9 Å². The van der Waals surface area contributed by atoms with Gasteiger partial charge in [0.25, 0.3) is 0 Å². The molecule has 1 N–H and O–H groups in total. The average molecular weight is 350 g/mol. The first kappa shape index (κ1) is 16.2. The minimum absolute atomic E-state index is 0.160. The molecule has 2 aromatic rings. The van der Waals surface area contributed by atoms with Gasteiger partial charge in [0.15, 0.2) is 0 Å². The van der Waals surface area contributed by atoms with Crippen LogP contribution in [-0.4, -0.2) is 16.3 Å². The summed E-state index contributed by atoms with van der Waals surface area (Å²) in [7, 11) is 1.99. The number of hydrogen-bond acceptors (Lipinski definition) is 2. The van der Waals surface area contributed by atoms with Crippen molar-refractivity contribution in [3.63, 3.8) is 0 Å². The Morgan fingerprint density at radius 1 is 1.19 bits per heavy atom. The quantitative estimate of drug-likeness (QED) is 0.837. The number of halogens is 1. The summed E-state index contributed by atoms with van der Waals surface area (Å²) < 4.78 is 2.99. The first-order valence-corrected chi connectivity index (χ1v) is 8.34. The zero-order chi connectivity index (χ0) is 15.4. The van der Waals surface area contributed by atoms with E-state index >= 15 is 0 Å². The molecule has 114 valence electrons. The van der Waals surface area contributed by atoms with Crippen molar-refractivity contribution in [2.75, 3.05) is 6.54 Å². The summed E-state index contributed by atoms with van der Waals surface area (Å²) in [5.74, 6) is 0.560. The normalized spacial score (nSPS) is 12.9. The lowest BCUT2D eigenvalue weighted by Crippen LogP contribution is -2.25. The molecule has 0 saturated heterocycles. The SMILES string of the molecule is CCCNC(c1ccc(C(C)C)cc1)c1c(Br)cnn1C. The van der Waals surface area contributed by atoms with Crippen LogP contribution >= 0.6 is 15.9 Å². The second kappa shape index (κ2) is 7.23. The van der Waals surface area contributed by atoms with Crippen LogP contribution in [0.4, 0.5) is 0 Å². The summed E-state index contributed by atoms with van der Waals surface area (Å²) in [4.78, 5) is 0.